The highest BCUT2D eigenvalue weighted by Crippen LogP contribution is 2.25. The zero-order valence-corrected chi connectivity index (χ0v) is 10.8. The number of oxazole rings is 1. The molecule has 3 rings (SSSR count). The molecule has 0 unspecified atom stereocenters. The molecule has 3 heterocycles. The van der Waals surface area contributed by atoms with Crippen LogP contribution in [0.3, 0.4) is 0 Å². The molecule has 0 atom stereocenters. The Kier molecular flexibility index (Phi) is 3.04. The Balaban J connectivity index is 1.86. The van der Waals surface area contributed by atoms with Gasteiger partial charge >= 0.3 is 0 Å². The second-order valence-corrected chi connectivity index (χ2v) is 4.14. The molecule has 0 spiro atoms. The molecule has 0 aliphatic heterocycles. The molecular formula is C14H12N4O2. The maximum absolute atomic E-state index is 5.68. The molecule has 0 aromatic carbocycles. The zero-order valence-electron chi connectivity index (χ0n) is 10.8. The maximum atomic E-state index is 5.68. The summed E-state index contributed by atoms with van der Waals surface area (Å²) in [6.45, 7) is 1.78. The Bertz CT molecular complexity index is 722. The van der Waals surface area contributed by atoms with Gasteiger partial charge in [-0.15, -0.1) is 0 Å². The average Bonchev–Trinajstić information content (AvgIpc) is 2.89. The molecule has 6 heteroatoms. The zero-order chi connectivity index (χ0) is 13.9. The molecule has 6 nitrogen and oxygen atoms in total. The highest BCUT2D eigenvalue weighted by Gasteiger charge is 2.07. The molecule has 0 saturated heterocycles. The van der Waals surface area contributed by atoms with Crippen LogP contribution in [0, 0.1) is 6.92 Å². The van der Waals surface area contributed by atoms with Gasteiger partial charge in [-0.2, -0.15) is 0 Å². The summed E-state index contributed by atoms with van der Waals surface area (Å²) < 4.78 is 11.1. The summed E-state index contributed by atoms with van der Waals surface area (Å²) in [6.07, 6.45) is 4.84. The Morgan fingerprint density at radius 1 is 1.05 bits per heavy atom. The smallest absolute Gasteiger partial charge is 0.191 e. The standard InChI is InChI=1S/C14H12N4O2/c1-9-17-8-13(19-9)12-6-10(4-5-16-12)20-11-2-3-14(15)18-7-11/h2-8H,1H3,(H2,15,18). The fraction of sp³-hybridized carbons (Fsp3) is 0.0714. The molecule has 0 saturated carbocycles. The first-order valence-corrected chi connectivity index (χ1v) is 5.99. The fourth-order valence-electron chi connectivity index (χ4n) is 1.68. The van der Waals surface area contributed by atoms with Crippen LogP contribution in [0.1, 0.15) is 5.89 Å². The highest BCUT2D eigenvalue weighted by atomic mass is 16.5. The summed E-state index contributed by atoms with van der Waals surface area (Å²) in [5.41, 5.74) is 6.19. The number of nitrogens with zero attached hydrogens (tertiary/aromatic N) is 3. The summed E-state index contributed by atoms with van der Waals surface area (Å²) in [7, 11) is 0. The van der Waals surface area contributed by atoms with E-state index in [0.717, 1.165) is 0 Å². The summed E-state index contributed by atoms with van der Waals surface area (Å²) >= 11 is 0. The first kappa shape index (κ1) is 12.2. The molecular weight excluding hydrogens is 256 g/mol. The normalized spacial score (nSPS) is 10.4. The van der Waals surface area contributed by atoms with E-state index < -0.39 is 0 Å². The van der Waals surface area contributed by atoms with E-state index in [9.17, 15) is 0 Å². The van der Waals surface area contributed by atoms with E-state index in [0.29, 0.717) is 34.7 Å². The van der Waals surface area contributed by atoms with Gasteiger partial charge in [0.25, 0.3) is 0 Å². The van der Waals surface area contributed by atoms with Gasteiger partial charge in [-0.3, -0.25) is 4.98 Å². The van der Waals surface area contributed by atoms with Crippen molar-refractivity contribution in [2.45, 2.75) is 6.92 Å². The maximum Gasteiger partial charge on any atom is 0.191 e. The third-order valence-corrected chi connectivity index (χ3v) is 2.60. The molecule has 100 valence electrons. The molecule has 0 aliphatic rings. The van der Waals surface area contributed by atoms with Gasteiger partial charge in [-0.1, -0.05) is 0 Å². The van der Waals surface area contributed by atoms with Gasteiger partial charge < -0.3 is 14.9 Å². The number of hydrogen-bond acceptors (Lipinski definition) is 6. The quantitative estimate of drug-likeness (QED) is 0.785. The monoisotopic (exact) mass is 268 g/mol. The predicted octanol–water partition coefficient (Wildman–Crippen LogP) is 2.81. The Morgan fingerprint density at radius 2 is 1.95 bits per heavy atom. The van der Waals surface area contributed by atoms with Crippen molar-refractivity contribution in [3.05, 3.63) is 48.7 Å². The van der Waals surface area contributed by atoms with Crippen LogP contribution < -0.4 is 10.5 Å². The van der Waals surface area contributed by atoms with E-state index in [1.807, 2.05) is 0 Å². The minimum atomic E-state index is 0.449. The van der Waals surface area contributed by atoms with E-state index >= 15 is 0 Å². The Hall–Kier alpha value is -2.89. The number of pyridine rings is 2. The number of aryl methyl sites for hydroxylation is 1. The van der Waals surface area contributed by atoms with Crippen molar-refractivity contribution in [2.24, 2.45) is 0 Å². The number of nitrogens with two attached hydrogens (primary N) is 1. The van der Waals surface area contributed by atoms with Crippen LogP contribution in [0.5, 0.6) is 11.5 Å². The molecule has 20 heavy (non-hydrogen) atoms. The van der Waals surface area contributed by atoms with E-state index in [2.05, 4.69) is 15.0 Å². The molecule has 3 aromatic heterocycles. The highest BCUT2D eigenvalue weighted by molar-refractivity contribution is 5.53. The Labute approximate surface area is 115 Å². The first-order valence-electron chi connectivity index (χ1n) is 5.99. The van der Waals surface area contributed by atoms with Crippen molar-refractivity contribution in [3.8, 4) is 23.0 Å². The number of nitrogen functional groups attached to an aromatic ring is 1. The number of ether oxygens (including phenoxy) is 1. The molecule has 0 aliphatic carbocycles. The van der Waals surface area contributed by atoms with Gasteiger partial charge in [-0.25, -0.2) is 9.97 Å². The lowest BCUT2D eigenvalue weighted by Crippen LogP contribution is -1.91. The van der Waals surface area contributed by atoms with Crippen molar-refractivity contribution < 1.29 is 9.15 Å². The minimum Gasteiger partial charge on any atom is -0.456 e. The first-order chi connectivity index (χ1) is 9.70. The third kappa shape index (κ3) is 2.59. The van der Waals surface area contributed by atoms with Crippen LogP contribution >= 0.6 is 0 Å². The SMILES string of the molecule is Cc1ncc(-c2cc(Oc3ccc(N)nc3)ccn2)o1. The van der Waals surface area contributed by atoms with E-state index in [1.165, 1.54) is 0 Å². The molecule has 0 amide bonds. The van der Waals surface area contributed by atoms with Crippen LogP contribution in [0.25, 0.3) is 11.5 Å². The van der Waals surface area contributed by atoms with Crippen LogP contribution in [0.15, 0.2) is 47.3 Å². The average molecular weight is 268 g/mol. The van der Waals surface area contributed by atoms with Crippen LogP contribution in [-0.2, 0) is 0 Å². The molecule has 0 fully saturated rings. The van der Waals surface area contributed by atoms with Gasteiger partial charge in [0, 0.05) is 19.2 Å². The van der Waals surface area contributed by atoms with Crippen molar-refractivity contribution in [2.75, 3.05) is 5.73 Å². The topological polar surface area (TPSA) is 87.1 Å². The van der Waals surface area contributed by atoms with Crippen LogP contribution in [0.2, 0.25) is 0 Å². The third-order valence-electron chi connectivity index (χ3n) is 2.60. The minimum absolute atomic E-state index is 0.449. The van der Waals surface area contributed by atoms with E-state index in [4.69, 9.17) is 14.9 Å². The van der Waals surface area contributed by atoms with Crippen molar-refractivity contribution in [3.63, 3.8) is 0 Å². The molecule has 0 bridgehead atoms. The van der Waals surface area contributed by atoms with Gasteiger partial charge in [-0.05, 0) is 18.2 Å². The lowest BCUT2D eigenvalue weighted by molar-refractivity contribution is 0.479. The van der Waals surface area contributed by atoms with E-state index in [1.54, 1.807) is 49.8 Å². The fourth-order valence-corrected chi connectivity index (χ4v) is 1.68. The molecule has 0 radical (unpaired) electrons. The predicted molar refractivity (Wildman–Crippen MR) is 73.2 cm³/mol. The lowest BCUT2D eigenvalue weighted by Gasteiger charge is -2.06. The summed E-state index contributed by atoms with van der Waals surface area (Å²) in [5.74, 6) is 2.88. The molecule has 3 aromatic rings. The summed E-state index contributed by atoms with van der Waals surface area (Å²) in [5, 5.41) is 0. The van der Waals surface area contributed by atoms with Crippen molar-refractivity contribution in [1.29, 1.82) is 0 Å². The molecule has 2 N–H and O–H groups in total. The van der Waals surface area contributed by atoms with Gasteiger partial charge in [0.2, 0.25) is 0 Å². The summed E-state index contributed by atoms with van der Waals surface area (Å²) in [4.78, 5) is 12.2. The lowest BCUT2D eigenvalue weighted by atomic mass is 10.3. The van der Waals surface area contributed by atoms with Crippen LogP contribution in [0.4, 0.5) is 5.82 Å². The number of aromatic nitrogens is 3. The van der Waals surface area contributed by atoms with Gasteiger partial charge in [0.05, 0.1) is 12.4 Å². The Morgan fingerprint density at radius 3 is 2.65 bits per heavy atom. The largest absolute Gasteiger partial charge is 0.456 e. The van der Waals surface area contributed by atoms with Gasteiger partial charge in [0.1, 0.15) is 23.0 Å². The number of rotatable bonds is 3. The van der Waals surface area contributed by atoms with Crippen molar-refractivity contribution >= 4 is 5.82 Å². The summed E-state index contributed by atoms with van der Waals surface area (Å²) in [6, 6.07) is 6.96. The van der Waals surface area contributed by atoms with Crippen LogP contribution in [-0.4, -0.2) is 15.0 Å². The van der Waals surface area contributed by atoms with Crippen molar-refractivity contribution in [1.82, 2.24) is 15.0 Å². The van der Waals surface area contributed by atoms with E-state index in [-0.39, 0.29) is 0 Å². The number of hydrogen-bond donors (Lipinski definition) is 1. The second-order valence-electron chi connectivity index (χ2n) is 4.14. The van der Waals surface area contributed by atoms with Gasteiger partial charge in [0.15, 0.2) is 11.7 Å². The second kappa shape index (κ2) is 5.00. The number of anilines is 1.